The highest BCUT2D eigenvalue weighted by atomic mass is 16.5. The van der Waals surface area contributed by atoms with E-state index < -0.39 is 0 Å². The Morgan fingerprint density at radius 1 is 1.00 bits per heavy atom. The van der Waals surface area contributed by atoms with Crippen molar-refractivity contribution in [3.05, 3.63) is 48.0 Å². The predicted molar refractivity (Wildman–Crippen MR) is 117 cm³/mol. The first-order chi connectivity index (χ1) is 14.5. The highest BCUT2D eigenvalue weighted by Gasteiger charge is 2.27. The molecule has 3 heterocycles. The molecular formula is C23H25N5O2. The van der Waals surface area contributed by atoms with E-state index in [9.17, 15) is 0 Å². The Balaban J connectivity index is 1.77. The van der Waals surface area contributed by atoms with Crippen LogP contribution in [0.2, 0.25) is 0 Å². The maximum absolute atomic E-state index is 5.95. The summed E-state index contributed by atoms with van der Waals surface area (Å²) in [5.41, 5.74) is 3.87. The maximum Gasteiger partial charge on any atom is 0.213 e. The summed E-state index contributed by atoms with van der Waals surface area (Å²) in [6, 6.07) is 14.2. The molecule has 0 amide bonds. The second-order valence-corrected chi connectivity index (χ2v) is 8.01. The number of hydrogen-bond donors (Lipinski definition) is 0. The van der Waals surface area contributed by atoms with Crippen LogP contribution in [0, 0.1) is 6.92 Å². The summed E-state index contributed by atoms with van der Waals surface area (Å²) in [6.07, 6.45) is 0.250. The lowest BCUT2D eigenvalue weighted by Crippen LogP contribution is -2.46. The summed E-state index contributed by atoms with van der Waals surface area (Å²) in [7, 11) is 1.67. The molecule has 2 aromatic carbocycles. The van der Waals surface area contributed by atoms with Gasteiger partial charge in [-0.3, -0.25) is 0 Å². The van der Waals surface area contributed by atoms with Crippen LogP contribution in [-0.4, -0.2) is 52.0 Å². The van der Waals surface area contributed by atoms with Crippen molar-refractivity contribution in [2.24, 2.45) is 0 Å². The topological polar surface area (TPSA) is 64.8 Å². The first-order valence-electron chi connectivity index (χ1n) is 10.2. The zero-order chi connectivity index (χ0) is 20.8. The third-order valence-corrected chi connectivity index (χ3v) is 5.53. The molecule has 2 unspecified atom stereocenters. The van der Waals surface area contributed by atoms with E-state index in [1.807, 2.05) is 24.3 Å². The number of hydrogen-bond acceptors (Lipinski definition) is 6. The number of aryl methyl sites for hydroxylation is 1. The molecule has 0 aliphatic carbocycles. The number of methoxy groups -OCH3 is 1. The Hall–Kier alpha value is -3.19. The van der Waals surface area contributed by atoms with Gasteiger partial charge in [0.25, 0.3) is 0 Å². The van der Waals surface area contributed by atoms with Crippen molar-refractivity contribution in [3.8, 4) is 17.1 Å². The lowest BCUT2D eigenvalue weighted by Gasteiger charge is -2.36. The van der Waals surface area contributed by atoms with Gasteiger partial charge >= 0.3 is 0 Å². The average molecular weight is 403 g/mol. The second kappa shape index (κ2) is 7.25. The van der Waals surface area contributed by atoms with Crippen molar-refractivity contribution < 1.29 is 9.47 Å². The first-order valence-corrected chi connectivity index (χ1v) is 10.2. The third kappa shape index (κ3) is 3.15. The molecule has 7 nitrogen and oxygen atoms in total. The number of anilines is 1. The van der Waals surface area contributed by atoms with E-state index in [1.165, 1.54) is 5.56 Å². The number of benzene rings is 2. The molecule has 0 saturated carbocycles. The van der Waals surface area contributed by atoms with Gasteiger partial charge in [0.15, 0.2) is 11.5 Å². The Bertz CT molecular complexity index is 1210. The molecule has 0 spiro atoms. The molecule has 5 rings (SSSR count). The van der Waals surface area contributed by atoms with Crippen molar-refractivity contribution in [1.82, 2.24) is 19.6 Å². The molecule has 0 radical (unpaired) electrons. The number of rotatable bonds is 3. The van der Waals surface area contributed by atoms with Gasteiger partial charge < -0.3 is 14.4 Å². The van der Waals surface area contributed by atoms with Gasteiger partial charge in [0.2, 0.25) is 5.95 Å². The summed E-state index contributed by atoms with van der Waals surface area (Å²) < 4.78 is 13.3. The maximum atomic E-state index is 5.95. The van der Waals surface area contributed by atoms with Crippen LogP contribution >= 0.6 is 0 Å². The molecule has 2 aromatic heterocycles. The van der Waals surface area contributed by atoms with Gasteiger partial charge in [0, 0.05) is 24.0 Å². The van der Waals surface area contributed by atoms with Crippen LogP contribution in [0.5, 0.6) is 5.75 Å². The summed E-state index contributed by atoms with van der Waals surface area (Å²) >= 11 is 0. The second-order valence-electron chi connectivity index (χ2n) is 8.01. The monoisotopic (exact) mass is 403 g/mol. The normalized spacial score (nSPS) is 19.5. The van der Waals surface area contributed by atoms with Gasteiger partial charge in [0.1, 0.15) is 5.75 Å². The minimum atomic E-state index is 0.125. The van der Waals surface area contributed by atoms with Crippen molar-refractivity contribution in [1.29, 1.82) is 0 Å². The van der Waals surface area contributed by atoms with E-state index in [2.05, 4.69) is 58.5 Å². The fourth-order valence-corrected chi connectivity index (χ4v) is 4.21. The van der Waals surface area contributed by atoms with Crippen molar-refractivity contribution in [2.45, 2.75) is 33.0 Å². The molecule has 0 N–H and O–H groups in total. The Kier molecular flexibility index (Phi) is 4.55. The largest absolute Gasteiger partial charge is 0.497 e. The van der Waals surface area contributed by atoms with Gasteiger partial charge in [-0.15, -0.1) is 10.2 Å². The number of aromatic nitrogens is 4. The van der Waals surface area contributed by atoms with Gasteiger partial charge in [-0.25, -0.2) is 9.38 Å². The van der Waals surface area contributed by atoms with Gasteiger partial charge in [-0.05, 0) is 57.2 Å². The molecule has 7 heteroatoms. The number of nitrogens with zero attached hydrogens (tertiary/aromatic N) is 5. The Labute approximate surface area is 175 Å². The predicted octanol–water partition coefficient (Wildman–Crippen LogP) is 3.88. The summed E-state index contributed by atoms with van der Waals surface area (Å²) in [4.78, 5) is 7.34. The molecule has 30 heavy (non-hydrogen) atoms. The molecule has 1 fully saturated rings. The van der Waals surface area contributed by atoms with E-state index in [4.69, 9.17) is 14.5 Å². The van der Waals surface area contributed by atoms with Gasteiger partial charge in [-0.2, -0.15) is 0 Å². The van der Waals surface area contributed by atoms with Crippen molar-refractivity contribution in [3.63, 3.8) is 0 Å². The molecule has 2 atom stereocenters. The summed E-state index contributed by atoms with van der Waals surface area (Å²) in [5.74, 6) is 2.42. The number of morpholine rings is 1. The highest BCUT2D eigenvalue weighted by molar-refractivity contribution is 5.94. The number of ether oxygens (including phenoxy) is 2. The van der Waals surface area contributed by atoms with E-state index in [0.29, 0.717) is 0 Å². The van der Waals surface area contributed by atoms with Gasteiger partial charge in [-0.1, -0.05) is 11.6 Å². The molecule has 0 bridgehead atoms. The molecule has 1 aliphatic heterocycles. The van der Waals surface area contributed by atoms with E-state index in [0.717, 1.165) is 52.7 Å². The molecule has 154 valence electrons. The van der Waals surface area contributed by atoms with Crippen LogP contribution in [0.3, 0.4) is 0 Å². The van der Waals surface area contributed by atoms with Crippen molar-refractivity contribution in [2.75, 3.05) is 25.1 Å². The molecular weight excluding hydrogens is 378 g/mol. The Morgan fingerprint density at radius 3 is 2.43 bits per heavy atom. The standard InChI is InChI=1S/C23H25N5O2/c1-14-5-10-20-19(11-14)22-26-25-21(17-6-8-18(29-4)9-7-17)28(22)23(24-20)27-12-15(2)30-16(3)13-27/h5-11,15-16H,12-13H2,1-4H3. The molecule has 1 aliphatic rings. The van der Waals surface area contributed by atoms with E-state index >= 15 is 0 Å². The van der Waals surface area contributed by atoms with Crippen LogP contribution in [0.1, 0.15) is 19.4 Å². The SMILES string of the molecule is COc1ccc(-c2nnc3c4cc(C)ccc4nc(N4CC(C)OC(C)C4)n23)cc1. The lowest BCUT2D eigenvalue weighted by atomic mass is 10.1. The van der Waals surface area contributed by atoms with E-state index in [-0.39, 0.29) is 12.2 Å². The van der Waals surface area contributed by atoms with E-state index in [1.54, 1.807) is 7.11 Å². The zero-order valence-corrected chi connectivity index (χ0v) is 17.7. The van der Waals surface area contributed by atoms with Gasteiger partial charge in [0.05, 0.1) is 24.8 Å². The van der Waals surface area contributed by atoms with Crippen LogP contribution in [-0.2, 0) is 4.74 Å². The lowest BCUT2D eigenvalue weighted by molar-refractivity contribution is -0.00576. The zero-order valence-electron chi connectivity index (χ0n) is 17.7. The highest BCUT2D eigenvalue weighted by Crippen LogP contribution is 2.31. The minimum absolute atomic E-state index is 0.125. The fraction of sp³-hybridized carbons (Fsp3) is 0.348. The Morgan fingerprint density at radius 2 is 1.73 bits per heavy atom. The van der Waals surface area contributed by atoms with Crippen LogP contribution < -0.4 is 9.64 Å². The summed E-state index contributed by atoms with van der Waals surface area (Å²) in [6.45, 7) is 7.81. The number of fused-ring (bicyclic) bond motifs is 3. The van der Waals surface area contributed by atoms with Crippen LogP contribution in [0.4, 0.5) is 5.95 Å². The fourth-order valence-electron chi connectivity index (χ4n) is 4.21. The van der Waals surface area contributed by atoms with Crippen LogP contribution in [0.15, 0.2) is 42.5 Å². The van der Waals surface area contributed by atoms with Crippen molar-refractivity contribution >= 4 is 22.5 Å². The third-order valence-electron chi connectivity index (χ3n) is 5.53. The summed E-state index contributed by atoms with van der Waals surface area (Å²) in [5, 5.41) is 10.2. The molecule has 4 aromatic rings. The minimum Gasteiger partial charge on any atom is -0.497 e. The first kappa shape index (κ1) is 18.8. The average Bonchev–Trinajstić information content (AvgIpc) is 3.18. The van der Waals surface area contributed by atoms with Crippen LogP contribution in [0.25, 0.3) is 27.9 Å². The smallest absolute Gasteiger partial charge is 0.213 e. The quantitative estimate of drug-likeness (QED) is 0.517. The molecule has 1 saturated heterocycles.